The molecule has 0 aliphatic carbocycles. The van der Waals surface area contributed by atoms with Gasteiger partial charge in [-0.25, -0.2) is 9.37 Å². The predicted octanol–water partition coefficient (Wildman–Crippen LogP) is 2.69. The van der Waals surface area contributed by atoms with Crippen molar-refractivity contribution < 1.29 is 13.9 Å². The molecule has 0 aliphatic heterocycles. The average molecular weight is 278 g/mol. The number of nitrogens with zero attached hydrogens (tertiary/aromatic N) is 2. The van der Waals surface area contributed by atoms with Crippen LogP contribution in [0, 0.1) is 5.82 Å². The van der Waals surface area contributed by atoms with Gasteiger partial charge in [0.05, 0.1) is 12.7 Å². The Morgan fingerprint density at radius 1 is 1.30 bits per heavy atom. The lowest BCUT2D eigenvalue weighted by Gasteiger charge is -2.17. The third-order valence-electron chi connectivity index (χ3n) is 3.12. The summed E-state index contributed by atoms with van der Waals surface area (Å²) in [4.78, 5) is 6.40. The van der Waals surface area contributed by atoms with Crippen LogP contribution in [-0.4, -0.2) is 34.7 Å². The molecular weight excluding hydrogens is 259 g/mol. The summed E-state index contributed by atoms with van der Waals surface area (Å²) in [5.74, 6) is 0.997. The molecule has 20 heavy (non-hydrogen) atoms. The van der Waals surface area contributed by atoms with E-state index in [1.807, 2.05) is 0 Å². The minimum atomic E-state index is -0.269. The van der Waals surface area contributed by atoms with Gasteiger partial charge < -0.3 is 9.52 Å². The van der Waals surface area contributed by atoms with E-state index in [1.54, 1.807) is 18.3 Å². The lowest BCUT2D eigenvalue weighted by Crippen LogP contribution is -2.24. The summed E-state index contributed by atoms with van der Waals surface area (Å²) in [6.07, 6.45) is 2.39. The van der Waals surface area contributed by atoms with Crippen LogP contribution in [0.1, 0.15) is 19.2 Å². The first-order valence-electron chi connectivity index (χ1n) is 6.76. The summed E-state index contributed by atoms with van der Waals surface area (Å²) >= 11 is 0. The van der Waals surface area contributed by atoms with Gasteiger partial charge in [0.2, 0.25) is 5.89 Å². The summed E-state index contributed by atoms with van der Waals surface area (Å²) < 4.78 is 18.6. The Labute approximate surface area is 117 Å². The Hall–Kier alpha value is -1.72. The molecular formula is C15H19FN2O2. The van der Waals surface area contributed by atoms with E-state index in [0.717, 1.165) is 25.1 Å². The standard InChI is InChI=1S/C15H19FN2O2/c1-2-18(8-3-9-19)11-15-17-10-14(20-15)12-4-6-13(16)7-5-12/h4-7,10,19H,2-3,8-9,11H2,1H3. The second kappa shape index (κ2) is 7.17. The van der Waals surface area contributed by atoms with Gasteiger partial charge in [-0.15, -0.1) is 0 Å². The molecule has 0 saturated heterocycles. The molecule has 2 rings (SSSR count). The van der Waals surface area contributed by atoms with Crippen molar-refractivity contribution in [1.82, 2.24) is 9.88 Å². The largest absolute Gasteiger partial charge is 0.439 e. The van der Waals surface area contributed by atoms with E-state index in [4.69, 9.17) is 9.52 Å². The summed E-state index contributed by atoms with van der Waals surface area (Å²) in [5.41, 5.74) is 0.809. The molecule has 0 amide bonds. The van der Waals surface area contributed by atoms with Crippen molar-refractivity contribution in [3.8, 4) is 11.3 Å². The van der Waals surface area contributed by atoms with Gasteiger partial charge in [-0.1, -0.05) is 6.92 Å². The molecule has 0 saturated carbocycles. The number of benzene rings is 1. The highest BCUT2D eigenvalue weighted by molar-refractivity contribution is 5.55. The second-order valence-corrected chi connectivity index (χ2v) is 4.57. The van der Waals surface area contributed by atoms with E-state index < -0.39 is 0 Å². The van der Waals surface area contributed by atoms with Crippen molar-refractivity contribution in [2.45, 2.75) is 19.9 Å². The molecule has 0 unspecified atom stereocenters. The number of hydrogen-bond acceptors (Lipinski definition) is 4. The van der Waals surface area contributed by atoms with E-state index in [9.17, 15) is 4.39 Å². The number of aliphatic hydroxyl groups is 1. The van der Waals surface area contributed by atoms with E-state index in [1.165, 1.54) is 12.1 Å². The molecule has 0 bridgehead atoms. The molecule has 0 aliphatic rings. The molecule has 0 fully saturated rings. The maximum absolute atomic E-state index is 12.9. The highest BCUT2D eigenvalue weighted by Crippen LogP contribution is 2.21. The summed E-state index contributed by atoms with van der Waals surface area (Å²) in [6, 6.07) is 6.14. The molecule has 0 radical (unpaired) electrons. The summed E-state index contributed by atoms with van der Waals surface area (Å²) in [6.45, 7) is 4.53. The van der Waals surface area contributed by atoms with Crippen LogP contribution in [0.4, 0.5) is 4.39 Å². The van der Waals surface area contributed by atoms with Crippen LogP contribution < -0.4 is 0 Å². The van der Waals surface area contributed by atoms with Gasteiger partial charge in [0.15, 0.2) is 5.76 Å². The van der Waals surface area contributed by atoms with Crippen LogP contribution in [0.2, 0.25) is 0 Å². The zero-order valence-corrected chi connectivity index (χ0v) is 11.6. The molecule has 0 spiro atoms. The van der Waals surface area contributed by atoms with Crippen molar-refractivity contribution in [2.24, 2.45) is 0 Å². The Balaban J connectivity index is 2.02. The molecule has 0 atom stereocenters. The van der Waals surface area contributed by atoms with E-state index in [0.29, 0.717) is 18.2 Å². The summed E-state index contributed by atoms with van der Waals surface area (Å²) in [5, 5.41) is 8.86. The zero-order chi connectivity index (χ0) is 14.4. The zero-order valence-electron chi connectivity index (χ0n) is 11.6. The van der Waals surface area contributed by atoms with Gasteiger partial charge in [0.25, 0.3) is 0 Å². The SMILES string of the molecule is CCN(CCCO)Cc1ncc(-c2ccc(F)cc2)o1. The van der Waals surface area contributed by atoms with Gasteiger partial charge in [-0.2, -0.15) is 0 Å². The molecule has 1 aromatic heterocycles. The van der Waals surface area contributed by atoms with Gasteiger partial charge in [-0.3, -0.25) is 4.90 Å². The lowest BCUT2D eigenvalue weighted by molar-refractivity contribution is 0.212. The van der Waals surface area contributed by atoms with E-state index in [2.05, 4.69) is 16.8 Å². The lowest BCUT2D eigenvalue weighted by atomic mass is 10.2. The maximum Gasteiger partial charge on any atom is 0.209 e. The first-order valence-corrected chi connectivity index (χ1v) is 6.76. The normalized spacial score (nSPS) is 11.2. The Morgan fingerprint density at radius 3 is 2.70 bits per heavy atom. The molecule has 2 aromatic rings. The minimum Gasteiger partial charge on any atom is -0.439 e. The number of hydrogen-bond donors (Lipinski definition) is 1. The van der Waals surface area contributed by atoms with Crippen LogP contribution >= 0.6 is 0 Å². The maximum atomic E-state index is 12.9. The van der Waals surface area contributed by atoms with Crippen molar-refractivity contribution >= 4 is 0 Å². The van der Waals surface area contributed by atoms with E-state index in [-0.39, 0.29) is 12.4 Å². The smallest absolute Gasteiger partial charge is 0.209 e. The highest BCUT2D eigenvalue weighted by atomic mass is 19.1. The second-order valence-electron chi connectivity index (χ2n) is 4.57. The molecule has 1 heterocycles. The first-order chi connectivity index (χ1) is 9.72. The monoisotopic (exact) mass is 278 g/mol. The quantitative estimate of drug-likeness (QED) is 0.846. The van der Waals surface area contributed by atoms with Crippen molar-refractivity contribution in [1.29, 1.82) is 0 Å². The van der Waals surface area contributed by atoms with Crippen molar-refractivity contribution in [3.63, 3.8) is 0 Å². The van der Waals surface area contributed by atoms with Crippen molar-refractivity contribution in [3.05, 3.63) is 42.2 Å². The number of aliphatic hydroxyl groups excluding tert-OH is 1. The predicted molar refractivity (Wildman–Crippen MR) is 74.6 cm³/mol. The van der Waals surface area contributed by atoms with Crippen LogP contribution in [0.15, 0.2) is 34.9 Å². The molecule has 1 N–H and O–H groups in total. The fourth-order valence-electron chi connectivity index (χ4n) is 1.97. The van der Waals surface area contributed by atoms with Crippen LogP contribution in [-0.2, 0) is 6.54 Å². The Bertz CT molecular complexity index is 525. The van der Waals surface area contributed by atoms with Crippen LogP contribution in [0.25, 0.3) is 11.3 Å². The minimum absolute atomic E-state index is 0.183. The number of halogens is 1. The summed E-state index contributed by atoms with van der Waals surface area (Å²) in [7, 11) is 0. The van der Waals surface area contributed by atoms with Gasteiger partial charge in [0.1, 0.15) is 5.82 Å². The molecule has 5 heteroatoms. The third kappa shape index (κ3) is 3.88. The average Bonchev–Trinajstić information content (AvgIpc) is 2.92. The Kier molecular flexibility index (Phi) is 5.26. The van der Waals surface area contributed by atoms with Gasteiger partial charge in [0, 0.05) is 18.7 Å². The van der Waals surface area contributed by atoms with Crippen LogP contribution in [0.3, 0.4) is 0 Å². The van der Waals surface area contributed by atoms with Crippen LogP contribution in [0.5, 0.6) is 0 Å². The van der Waals surface area contributed by atoms with Crippen molar-refractivity contribution in [2.75, 3.05) is 19.7 Å². The topological polar surface area (TPSA) is 49.5 Å². The Morgan fingerprint density at radius 2 is 2.05 bits per heavy atom. The highest BCUT2D eigenvalue weighted by Gasteiger charge is 2.10. The van der Waals surface area contributed by atoms with E-state index >= 15 is 0 Å². The molecule has 108 valence electrons. The number of aromatic nitrogens is 1. The number of oxazole rings is 1. The third-order valence-corrected chi connectivity index (χ3v) is 3.12. The van der Waals surface area contributed by atoms with Gasteiger partial charge >= 0.3 is 0 Å². The molecule has 1 aromatic carbocycles. The number of rotatable bonds is 7. The van der Waals surface area contributed by atoms with Gasteiger partial charge in [-0.05, 0) is 37.2 Å². The molecule has 4 nitrogen and oxygen atoms in total. The fourth-order valence-corrected chi connectivity index (χ4v) is 1.97. The fraction of sp³-hybridized carbons (Fsp3) is 0.400. The first kappa shape index (κ1) is 14.7.